The molecule has 0 unspecified atom stereocenters. The van der Waals surface area contributed by atoms with Crippen LogP contribution in [0.1, 0.15) is 108 Å². The second kappa shape index (κ2) is 18.2. The number of unbranched alkanes of at least 4 members (excludes halogenated alkanes) is 7. The molecule has 3 aromatic carbocycles. The molecule has 0 radical (unpaired) electrons. The minimum atomic E-state index is -0.451. The lowest BCUT2D eigenvalue weighted by molar-refractivity contribution is -0.122. The second-order valence-electron chi connectivity index (χ2n) is 12.8. The van der Waals surface area contributed by atoms with Crippen LogP contribution < -0.4 is 9.47 Å². The summed E-state index contributed by atoms with van der Waals surface area (Å²) in [6.07, 6.45) is 14.2. The van der Waals surface area contributed by atoms with E-state index in [-0.39, 0.29) is 17.6 Å². The number of hydrogen-bond acceptors (Lipinski definition) is 6. The van der Waals surface area contributed by atoms with Crippen molar-refractivity contribution in [2.45, 2.75) is 91.9 Å². The number of rotatable bonds is 16. The van der Waals surface area contributed by atoms with Crippen molar-refractivity contribution >= 4 is 29.2 Å². The minimum absolute atomic E-state index is 0.0938. The molecule has 6 heteroatoms. The molecule has 0 spiro atoms. The molecule has 244 valence electrons. The molecule has 0 N–H and O–H groups in total. The van der Waals surface area contributed by atoms with Gasteiger partial charge in [-0.1, -0.05) is 84.8 Å². The van der Waals surface area contributed by atoms with Crippen LogP contribution in [0.2, 0.25) is 0 Å². The molecule has 0 aliphatic heterocycles. The van der Waals surface area contributed by atoms with Crippen LogP contribution in [0, 0.1) is 17.8 Å². The summed E-state index contributed by atoms with van der Waals surface area (Å²) in [4.78, 5) is 25.8. The zero-order chi connectivity index (χ0) is 32.7. The van der Waals surface area contributed by atoms with Crippen molar-refractivity contribution in [3.05, 3.63) is 89.5 Å². The van der Waals surface area contributed by atoms with Gasteiger partial charge < -0.3 is 9.47 Å². The SMILES string of the molecule is CCCCCCCCCCOc1ccc(N=Nc2ccc(C(=O)Oc3ccc(/C=C4\C(=O)[C@H](C(C)C)CC[C@H]4C)cc3)cc2)cc1. The minimum Gasteiger partial charge on any atom is -0.494 e. The van der Waals surface area contributed by atoms with Crippen molar-refractivity contribution in [1.29, 1.82) is 0 Å². The zero-order valence-electron chi connectivity index (χ0n) is 28.0. The monoisotopic (exact) mass is 622 g/mol. The molecule has 4 rings (SSSR count). The summed E-state index contributed by atoms with van der Waals surface area (Å²) >= 11 is 0. The van der Waals surface area contributed by atoms with Crippen molar-refractivity contribution in [3.8, 4) is 11.5 Å². The largest absolute Gasteiger partial charge is 0.494 e. The number of nitrogens with zero attached hydrogens (tertiary/aromatic N) is 2. The number of Topliss-reactive ketones (excluding diaryl/α,β-unsaturated/α-hetero) is 1. The molecule has 1 aliphatic carbocycles. The summed E-state index contributed by atoms with van der Waals surface area (Å²) in [5.74, 6) is 1.78. The maximum Gasteiger partial charge on any atom is 0.343 e. The fraction of sp³-hybridized carbons (Fsp3) is 0.450. The van der Waals surface area contributed by atoms with Gasteiger partial charge in [-0.25, -0.2) is 4.79 Å². The van der Waals surface area contributed by atoms with Gasteiger partial charge in [-0.3, -0.25) is 4.79 Å². The maximum absolute atomic E-state index is 13.0. The Hall–Kier alpha value is -4.06. The van der Waals surface area contributed by atoms with Crippen molar-refractivity contribution in [2.24, 2.45) is 28.0 Å². The van der Waals surface area contributed by atoms with Gasteiger partial charge in [0, 0.05) is 5.92 Å². The predicted octanol–water partition coefficient (Wildman–Crippen LogP) is 11.5. The number of esters is 1. The van der Waals surface area contributed by atoms with E-state index >= 15 is 0 Å². The van der Waals surface area contributed by atoms with Gasteiger partial charge in [0.25, 0.3) is 0 Å². The van der Waals surface area contributed by atoms with Crippen LogP contribution in [0.3, 0.4) is 0 Å². The summed E-state index contributed by atoms with van der Waals surface area (Å²) in [5.41, 5.74) is 3.60. The standard InChI is InChI=1S/C40H50N2O4/c1-5-6-7-8-9-10-11-12-27-45-35-24-20-34(21-25-35)42-41-33-18-16-32(17-19-33)40(44)46-36-22-14-31(15-23-36)28-38-30(4)13-26-37(29(2)3)39(38)43/h14-25,28-30,37H,5-13,26-27H2,1-4H3/b38-28-,42-41?/t30-,37+/m1/s1. The molecule has 0 saturated heterocycles. The summed E-state index contributed by atoms with van der Waals surface area (Å²) < 4.78 is 11.5. The van der Waals surface area contributed by atoms with E-state index in [0.29, 0.717) is 22.9 Å². The topological polar surface area (TPSA) is 77.3 Å². The average Bonchev–Trinajstić information content (AvgIpc) is 3.06. The third-order valence-electron chi connectivity index (χ3n) is 8.77. The molecule has 0 heterocycles. The lowest BCUT2D eigenvalue weighted by atomic mass is 9.73. The number of azo groups is 1. The number of ether oxygens (including phenoxy) is 2. The van der Waals surface area contributed by atoms with E-state index in [9.17, 15) is 9.59 Å². The van der Waals surface area contributed by atoms with Gasteiger partial charge in [-0.15, -0.1) is 0 Å². The maximum atomic E-state index is 13.0. The molecular formula is C40H50N2O4. The first-order valence-electron chi connectivity index (χ1n) is 17.2. The quantitative estimate of drug-likeness (QED) is 0.0523. The fourth-order valence-corrected chi connectivity index (χ4v) is 5.81. The summed E-state index contributed by atoms with van der Waals surface area (Å²) in [6.45, 7) is 9.33. The number of carbonyl (C=O) groups is 2. The molecule has 6 nitrogen and oxygen atoms in total. The van der Waals surface area contributed by atoms with E-state index in [1.165, 1.54) is 44.9 Å². The molecule has 0 aromatic heterocycles. The molecule has 0 amide bonds. The number of ketones is 1. The Morgan fingerprint density at radius 1 is 0.783 bits per heavy atom. The number of allylic oxidation sites excluding steroid dienone is 1. The van der Waals surface area contributed by atoms with E-state index in [4.69, 9.17) is 9.47 Å². The lowest BCUT2D eigenvalue weighted by Crippen LogP contribution is -2.30. The van der Waals surface area contributed by atoms with Crippen molar-refractivity contribution < 1.29 is 19.1 Å². The highest BCUT2D eigenvalue weighted by Crippen LogP contribution is 2.35. The highest BCUT2D eigenvalue weighted by molar-refractivity contribution is 6.02. The molecule has 1 fully saturated rings. The van der Waals surface area contributed by atoms with E-state index in [1.54, 1.807) is 36.4 Å². The number of hydrogen-bond donors (Lipinski definition) is 0. The Morgan fingerprint density at radius 2 is 1.35 bits per heavy atom. The summed E-state index contributed by atoms with van der Waals surface area (Å²) in [7, 11) is 0. The van der Waals surface area contributed by atoms with Crippen molar-refractivity contribution in [2.75, 3.05) is 6.61 Å². The predicted molar refractivity (Wildman–Crippen MR) is 186 cm³/mol. The number of benzene rings is 3. The van der Waals surface area contributed by atoms with Gasteiger partial charge in [0.1, 0.15) is 11.5 Å². The summed E-state index contributed by atoms with van der Waals surface area (Å²) in [5, 5.41) is 8.61. The van der Waals surface area contributed by atoms with Gasteiger partial charge in [0.15, 0.2) is 5.78 Å². The van der Waals surface area contributed by atoms with Gasteiger partial charge in [0.2, 0.25) is 0 Å². The highest BCUT2D eigenvalue weighted by atomic mass is 16.5. The first-order valence-corrected chi connectivity index (χ1v) is 17.2. The van der Waals surface area contributed by atoms with Gasteiger partial charge in [-0.05, 0) is 109 Å². The fourth-order valence-electron chi connectivity index (χ4n) is 5.81. The van der Waals surface area contributed by atoms with Crippen LogP contribution in [0.25, 0.3) is 6.08 Å². The van der Waals surface area contributed by atoms with Gasteiger partial charge in [0.05, 0.1) is 23.5 Å². The Morgan fingerprint density at radius 3 is 1.96 bits per heavy atom. The van der Waals surface area contributed by atoms with E-state index < -0.39 is 5.97 Å². The lowest BCUT2D eigenvalue weighted by Gasteiger charge is -2.30. The van der Waals surface area contributed by atoms with Crippen molar-refractivity contribution in [1.82, 2.24) is 0 Å². The van der Waals surface area contributed by atoms with Crippen LogP contribution >= 0.6 is 0 Å². The first-order chi connectivity index (χ1) is 22.3. The van der Waals surface area contributed by atoms with E-state index in [1.807, 2.05) is 42.5 Å². The van der Waals surface area contributed by atoms with Crippen LogP contribution in [-0.4, -0.2) is 18.4 Å². The first kappa shape index (κ1) is 34.8. The smallest absolute Gasteiger partial charge is 0.343 e. The Labute approximate surface area is 275 Å². The van der Waals surface area contributed by atoms with Crippen molar-refractivity contribution in [3.63, 3.8) is 0 Å². The third-order valence-corrected chi connectivity index (χ3v) is 8.77. The molecule has 1 saturated carbocycles. The zero-order valence-corrected chi connectivity index (χ0v) is 28.0. The molecule has 46 heavy (non-hydrogen) atoms. The molecule has 2 atom stereocenters. The highest BCUT2D eigenvalue weighted by Gasteiger charge is 2.32. The van der Waals surface area contributed by atoms with E-state index in [0.717, 1.165) is 48.4 Å². The van der Waals surface area contributed by atoms with E-state index in [2.05, 4.69) is 37.9 Å². The molecule has 1 aliphatic rings. The molecule has 3 aromatic rings. The van der Waals surface area contributed by atoms with Crippen LogP contribution in [0.4, 0.5) is 11.4 Å². The van der Waals surface area contributed by atoms with Crippen LogP contribution in [-0.2, 0) is 4.79 Å². The Balaban J connectivity index is 1.22. The molecule has 0 bridgehead atoms. The Bertz CT molecular complexity index is 1440. The van der Waals surface area contributed by atoms with Gasteiger partial charge in [-0.2, -0.15) is 10.2 Å². The average molecular weight is 623 g/mol. The van der Waals surface area contributed by atoms with Crippen LogP contribution in [0.15, 0.2) is 88.6 Å². The van der Waals surface area contributed by atoms with Gasteiger partial charge >= 0.3 is 5.97 Å². The molecular weight excluding hydrogens is 572 g/mol. The summed E-state index contributed by atoms with van der Waals surface area (Å²) in [6, 6.07) is 21.7. The van der Waals surface area contributed by atoms with Crippen LogP contribution in [0.5, 0.6) is 11.5 Å². The normalized spacial score (nSPS) is 17.6. The number of carbonyl (C=O) groups excluding carboxylic acids is 2. The Kier molecular flexibility index (Phi) is 13.8. The second-order valence-corrected chi connectivity index (χ2v) is 12.8. The third kappa shape index (κ3) is 10.8.